The molecule has 0 radical (unpaired) electrons. The Labute approximate surface area is 196 Å². The minimum atomic E-state index is -0.392. The minimum absolute atomic E-state index is 0.252. The van der Waals surface area contributed by atoms with Gasteiger partial charge in [0.05, 0.1) is 5.02 Å². The van der Waals surface area contributed by atoms with Gasteiger partial charge < -0.3 is 19.5 Å². The molecule has 0 unspecified atom stereocenters. The van der Waals surface area contributed by atoms with Crippen molar-refractivity contribution in [2.24, 2.45) is 0 Å². The number of carbonyl (C=O) groups is 1. The topological polar surface area (TPSA) is 61.6 Å². The fourth-order valence-corrected chi connectivity index (χ4v) is 3.61. The van der Waals surface area contributed by atoms with Gasteiger partial charge in [0.15, 0.2) is 5.58 Å². The molecular weight excluding hydrogens is 443 g/mol. The van der Waals surface area contributed by atoms with E-state index in [1.165, 1.54) is 12.1 Å². The second-order valence-electron chi connectivity index (χ2n) is 8.06. The predicted octanol–water partition coefficient (Wildman–Crippen LogP) is 5.54. The van der Waals surface area contributed by atoms with Crippen molar-refractivity contribution < 1.29 is 13.6 Å². The van der Waals surface area contributed by atoms with Crippen LogP contribution >= 0.6 is 11.6 Å². The third-order valence-electron chi connectivity index (χ3n) is 5.23. The zero-order valence-electron chi connectivity index (χ0n) is 18.6. The SMILES string of the molecule is CN(C)CCN(C)c1nc2cc(NC(=O)c3ccc(-c4ccc(F)cc4Cl)cc3)ccc2o1. The summed E-state index contributed by atoms with van der Waals surface area (Å²) in [7, 11) is 5.96. The van der Waals surface area contributed by atoms with Crippen LogP contribution in [0, 0.1) is 5.82 Å². The van der Waals surface area contributed by atoms with Crippen LogP contribution in [0.15, 0.2) is 65.1 Å². The number of hydrogen-bond donors (Lipinski definition) is 1. The van der Waals surface area contributed by atoms with Gasteiger partial charge in [0, 0.05) is 37.0 Å². The van der Waals surface area contributed by atoms with Gasteiger partial charge in [-0.15, -0.1) is 0 Å². The lowest BCUT2D eigenvalue weighted by molar-refractivity contribution is 0.102. The first-order chi connectivity index (χ1) is 15.8. The van der Waals surface area contributed by atoms with Crippen molar-refractivity contribution in [3.05, 3.63) is 77.1 Å². The molecule has 1 heterocycles. The molecule has 0 aliphatic carbocycles. The predicted molar refractivity (Wildman–Crippen MR) is 131 cm³/mol. The Morgan fingerprint density at radius 1 is 1.03 bits per heavy atom. The smallest absolute Gasteiger partial charge is 0.298 e. The number of benzene rings is 3. The average Bonchev–Trinajstić information content (AvgIpc) is 3.21. The van der Waals surface area contributed by atoms with Crippen LogP contribution in [0.25, 0.3) is 22.2 Å². The summed E-state index contributed by atoms with van der Waals surface area (Å²) in [5, 5.41) is 3.21. The molecule has 4 rings (SSSR count). The van der Waals surface area contributed by atoms with Crippen molar-refractivity contribution >= 4 is 40.3 Å². The number of oxazole rings is 1. The first-order valence-electron chi connectivity index (χ1n) is 10.4. The Balaban J connectivity index is 1.47. The molecule has 8 heteroatoms. The van der Waals surface area contributed by atoms with Crippen LogP contribution in [0.5, 0.6) is 0 Å². The fraction of sp³-hybridized carbons (Fsp3) is 0.200. The number of nitrogens with one attached hydrogen (secondary N) is 1. The molecule has 3 aromatic carbocycles. The number of halogens is 2. The molecule has 0 aliphatic rings. The summed E-state index contributed by atoms with van der Waals surface area (Å²) in [5.41, 5.74) is 3.93. The molecule has 0 aliphatic heterocycles. The molecule has 6 nitrogen and oxygen atoms in total. The number of aromatic nitrogens is 1. The largest absolute Gasteiger partial charge is 0.423 e. The Hall–Kier alpha value is -3.42. The summed E-state index contributed by atoms with van der Waals surface area (Å²) in [6, 6.07) is 17.1. The number of hydrogen-bond acceptors (Lipinski definition) is 5. The number of likely N-dealkylation sites (N-methyl/N-ethyl adjacent to an activating group) is 2. The summed E-state index contributed by atoms with van der Waals surface area (Å²) in [6.45, 7) is 1.66. The second-order valence-corrected chi connectivity index (χ2v) is 8.47. The molecule has 0 atom stereocenters. The highest BCUT2D eigenvalue weighted by atomic mass is 35.5. The van der Waals surface area contributed by atoms with E-state index < -0.39 is 5.82 Å². The van der Waals surface area contributed by atoms with Crippen LogP contribution in [0.3, 0.4) is 0 Å². The van der Waals surface area contributed by atoms with E-state index in [1.54, 1.807) is 48.5 Å². The third kappa shape index (κ3) is 5.32. The Kier molecular flexibility index (Phi) is 6.62. The van der Waals surface area contributed by atoms with E-state index in [4.69, 9.17) is 16.0 Å². The van der Waals surface area contributed by atoms with Crippen molar-refractivity contribution in [3.8, 4) is 11.1 Å². The first kappa shape index (κ1) is 22.8. The van der Waals surface area contributed by atoms with Crippen LogP contribution in [0.4, 0.5) is 16.1 Å². The average molecular weight is 467 g/mol. The summed E-state index contributed by atoms with van der Waals surface area (Å²) < 4.78 is 19.1. The summed E-state index contributed by atoms with van der Waals surface area (Å²) in [4.78, 5) is 21.3. The van der Waals surface area contributed by atoms with E-state index in [9.17, 15) is 9.18 Å². The second kappa shape index (κ2) is 9.60. The van der Waals surface area contributed by atoms with Gasteiger partial charge in [0.25, 0.3) is 11.9 Å². The number of amides is 1. The molecular formula is C25H24ClFN4O2. The van der Waals surface area contributed by atoms with Gasteiger partial charge >= 0.3 is 0 Å². The maximum absolute atomic E-state index is 13.3. The zero-order valence-corrected chi connectivity index (χ0v) is 19.4. The molecule has 1 amide bonds. The maximum Gasteiger partial charge on any atom is 0.298 e. The van der Waals surface area contributed by atoms with Gasteiger partial charge in [0.2, 0.25) is 0 Å². The van der Waals surface area contributed by atoms with Crippen molar-refractivity contribution in [1.82, 2.24) is 9.88 Å². The van der Waals surface area contributed by atoms with E-state index >= 15 is 0 Å². The minimum Gasteiger partial charge on any atom is -0.423 e. The molecule has 0 fully saturated rings. The molecule has 0 bridgehead atoms. The van der Waals surface area contributed by atoms with Crippen molar-refractivity contribution in [3.63, 3.8) is 0 Å². The third-order valence-corrected chi connectivity index (χ3v) is 5.55. The molecule has 0 saturated carbocycles. The van der Waals surface area contributed by atoms with Gasteiger partial charge in [-0.25, -0.2) is 4.39 Å². The molecule has 1 N–H and O–H groups in total. The molecule has 33 heavy (non-hydrogen) atoms. The van der Waals surface area contributed by atoms with Crippen LogP contribution in [0.2, 0.25) is 5.02 Å². The van der Waals surface area contributed by atoms with E-state index in [0.717, 1.165) is 18.7 Å². The molecule has 0 spiro atoms. The van der Waals surface area contributed by atoms with E-state index in [0.29, 0.717) is 39.0 Å². The highest BCUT2D eigenvalue weighted by molar-refractivity contribution is 6.33. The number of nitrogens with zero attached hydrogens (tertiary/aromatic N) is 3. The number of rotatable bonds is 7. The van der Waals surface area contributed by atoms with Gasteiger partial charge in [0.1, 0.15) is 11.3 Å². The zero-order chi connectivity index (χ0) is 23.5. The van der Waals surface area contributed by atoms with Crippen molar-refractivity contribution in [2.75, 3.05) is 44.4 Å². The van der Waals surface area contributed by atoms with Gasteiger partial charge in [-0.05, 0) is 68.2 Å². The number of fused-ring (bicyclic) bond motifs is 1. The number of anilines is 2. The molecule has 0 saturated heterocycles. The van der Waals surface area contributed by atoms with Crippen LogP contribution in [-0.4, -0.2) is 50.0 Å². The van der Waals surface area contributed by atoms with E-state index in [2.05, 4.69) is 15.2 Å². The molecule has 4 aromatic rings. The fourth-order valence-electron chi connectivity index (χ4n) is 3.33. The van der Waals surface area contributed by atoms with Gasteiger partial charge in [-0.1, -0.05) is 23.7 Å². The highest BCUT2D eigenvalue weighted by Crippen LogP contribution is 2.29. The monoisotopic (exact) mass is 466 g/mol. The van der Waals surface area contributed by atoms with Crippen LogP contribution in [-0.2, 0) is 0 Å². The Morgan fingerprint density at radius 3 is 2.48 bits per heavy atom. The van der Waals surface area contributed by atoms with Crippen molar-refractivity contribution in [1.29, 1.82) is 0 Å². The standard InChI is InChI=1S/C25H24ClFN4O2/c1-30(2)12-13-31(3)25-29-22-15-19(9-11-23(22)33-25)28-24(32)17-6-4-16(5-7-17)20-10-8-18(27)14-21(20)26/h4-11,14-15H,12-13H2,1-3H3,(H,28,32). The highest BCUT2D eigenvalue weighted by Gasteiger charge is 2.13. The lowest BCUT2D eigenvalue weighted by atomic mass is 10.0. The Morgan fingerprint density at radius 2 is 1.79 bits per heavy atom. The van der Waals surface area contributed by atoms with E-state index in [-0.39, 0.29) is 5.91 Å². The first-order valence-corrected chi connectivity index (χ1v) is 10.8. The molecule has 1 aromatic heterocycles. The normalized spacial score (nSPS) is 11.2. The quantitative estimate of drug-likeness (QED) is 0.387. The lowest BCUT2D eigenvalue weighted by Gasteiger charge is -2.17. The summed E-state index contributed by atoms with van der Waals surface area (Å²) in [5.74, 6) is -0.644. The Bertz CT molecular complexity index is 1290. The van der Waals surface area contributed by atoms with Crippen molar-refractivity contribution in [2.45, 2.75) is 0 Å². The van der Waals surface area contributed by atoms with Crippen LogP contribution in [0.1, 0.15) is 10.4 Å². The summed E-state index contributed by atoms with van der Waals surface area (Å²) >= 11 is 6.14. The lowest BCUT2D eigenvalue weighted by Crippen LogP contribution is -2.28. The van der Waals surface area contributed by atoms with Crippen LogP contribution < -0.4 is 10.2 Å². The number of carbonyl (C=O) groups excluding carboxylic acids is 1. The van der Waals surface area contributed by atoms with Gasteiger partial charge in [-0.3, -0.25) is 4.79 Å². The van der Waals surface area contributed by atoms with E-state index in [1.807, 2.05) is 26.0 Å². The maximum atomic E-state index is 13.3. The summed E-state index contributed by atoms with van der Waals surface area (Å²) in [6.07, 6.45) is 0. The molecule has 170 valence electrons. The van der Waals surface area contributed by atoms with Gasteiger partial charge in [-0.2, -0.15) is 4.98 Å².